The summed E-state index contributed by atoms with van der Waals surface area (Å²) in [6, 6.07) is 3.84. The van der Waals surface area contributed by atoms with Crippen LogP contribution in [0.1, 0.15) is 12.8 Å². The predicted octanol–water partition coefficient (Wildman–Crippen LogP) is 2.07. The Morgan fingerprint density at radius 2 is 2.27 bits per heavy atom. The average Bonchev–Trinajstić information content (AvgIpc) is 2.80. The number of nitrogens with one attached hydrogen (secondary N) is 1. The molecular formula is C10H11BrN4. The van der Waals surface area contributed by atoms with E-state index in [0.717, 1.165) is 18.0 Å². The van der Waals surface area contributed by atoms with Crippen molar-refractivity contribution in [2.75, 3.05) is 11.9 Å². The number of aromatic nitrogens is 3. The van der Waals surface area contributed by atoms with Gasteiger partial charge >= 0.3 is 0 Å². The Kier molecular flexibility index (Phi) is 1.95. The molecule has 2 aromatic heterocycles. The van der Waals surface area contributed by atoms with Crippen LogP contribution in [0.15, 0.2) is 24.5 Å². The number of hydrogen-bond donors (Lipinski definition) is 1. The van der Waals surface area contributed by atoms with Crippen LogP contribution in [-0.2, 0) is 0 Å². The Morgan fingerprint density at radius 1 is 1.40 bits per heavy atom. The van der Waals surface area contributed by atoms with E-state index in [1.807, 2.05) is 16.6 Å². The summed E-state index contributed by atoms with van der Waals surface area (Å²) >= 11 is 3.69. The van der Waals surface area contributed by atoms with Crippen molar-refractivity contribution < 1.29 is 0 Å². The molecule has 1 N–H and O–H groups in total. The van der Waals surface area contributed by atoms with Gasteiger partial charge in [-0.25, -0.2) is 4.98 Å². The molecule has 2 heterocycles. The number of rotatable bonds is 3. The van der Waals surface area contributed by atoms with Crippen LogP contribution < -0.4 is 5.32 Å². The molecule has 0 amide bonds. The van der Waals surface area contributed by atoms with E-state index in [1.165, 1.54) is 12.8 Å². The first-order valence-corrected chi connectivity index (χ1v) is 5.78. The first-order valence-electron chi connectivity index (χ1n) is 4.98. The fourth-order valence-corrected chi connectivity index (χ4v) is 1.87. The van der Waals surface area contributed by atoms with Crippen LogP contribution >= 0.6 is 15.9 Å². The maximum absolute atomic E-state index is 4.22. The lowest BCUT2D eigenvalue weighted by Gasteiger charge is -2.10. The fourth-order valence-electron chi connectivity index (χ4n) is 1.53. The van der Waals surface area contributed by atoms with E-state index in [9.17, 15) is 0 Å². The Labute approximate surface area is 95.8 Å². The molecule has 4 nitrogen and oxygen atoms in total. The van der Waals surface area contributed by atoms with Crippen molar-refractivity contribution in [1.82, 2.24) is 14.6 Å². The van der Waals surface area contributed by atoms with Gasteiger partial charge in [0.1, 0.15) is 5.82 Å². The average molecular weight is 267 g/mol. The lowest BCUT2D eigenvalue weighted by Crippen LogP contribution is -2.16. The van der Waals surface area contributed by atoms with E-state index in [0.29, 0.717) is 4.32 Å². The second-order valence-electron chi connectivity index (χ2n) is 3.94. The first-order chi connectivity index (χ1) is 7.27. The highest BCUT2D eigenvalue weighted by Crippen LogP contribution is 2.44. The van der Waals surface area contributed by atoms with Gasteiger partial charge in [0, 0.05) is 23.1 Å². The molecule has 0 atom stereocenters. The topological polar surface area (TPSA) is 42.2 Å². The summed E-state index contributed by atoms with van der Waals surface area (Å²) in [4.78, 5) is 4.21. The molecule has 15 heavy (non-hydrogen) atoms. The first kappa shape index (κ1) is 9.15. The fraction of sp³-hybridized carbons (Fsp3) is 0.400. The summed E-state index contributed by atoms with van der Waals surface area (Å²) < 4.78 is 2.13. The zero-order valence-corrected chi connectivity index (χ0v) is 9.74. The molecular weight excluding hydrogens is 256 g/mol. The summed E-state index contributed by atoms with van der Waals surface area (Å²) in [6.07, 6.45) is 6.04. The van der Waals surface area contributed by atoms with Gasteiger partial charge in [0.25, 0.3) is 0 Å². The van der Waals surface area contributed by atoms with Crippen LogP contribution in [0.2, 0.25) is 0 Å². The Bertz CT molecular complexity index is 489. The van der Waals surface area contributed by atoms with Crippen LogP contribution in [0, 0.1) is 0 Å². The van der Waals surface area contributed by atoms with Gasteiger partial charge in [-0.05, 0) is 18.9 Å². The van der Waals surface area contributed by atoms with Gasteiger partial charge in [-0.3, -0.25) is 0 Å². The quantitative estimate of drug-likeness (QED) is 0.865. The molecule has 5 heteroatoms. The SMILES string of the molecule is BrC1(CNc2ccnc3ccnn23)CC1. The van der Waals surface area contributed by atoms with Crippen molar-refractivity contribution in [1.29, 1.82) is 0 Å². The van der Waals surface area contributed by atoms with Gasteiger partial charge in [0.2, 0.25) is 0 Å². The van der Waals surface area contributed by atoms with Gasteiger partial charge in [-0.2, -0.15) is 9.61 Å². The molecule has 78 valence electrons. The normalized spacial score (nSPS) is 17.9. The molecule has 1 fully saturated rings. The van der Waals surface area contributed by atoms with E-state index in [4.69, 9.17) is 0 Å². The number of fused-ring (bicyclic) bond motifs is 1. The van der Waals surface area contributed by atoms with E-state index in [-0.39, 0.29) is 0 Å². The lowest BCUT2D eigenvalue weighted by atomic mass is 10.4. The predicted molar refractivity (Wildman–Crippen MR) is 62.4 cm³/mol. The minimum absolute atomic E-state index is 0.315. The van der Waals surface area contributed by atoms with Crippen molar-refractivity contribution in [3.05, 3.63) is 24.5 Å². The smallest absolute Gasteiger partial charge is 0.157 e. The van der Waals surface area contributed by atoms with Crippen molar-refractivity contribution in [2.24, 2.45) is 0 Å². The van der Waals surface area contributed by atoms with Crippen molar-refractivity contribution in [2.45, 2.75) is 17.2 Å². The van der Waals surface area contributed by atoms with E-state index in [2.05, 4.69) is 31.3 Å². The van der Waals surface area contributed by atoms with Crippen molar-refractivity contribution in [3.8, 4) is 0 Å². The molecule has 1 aliphatic carbocycles. The van der Waals surface area contributed by atoms with Crippen LogP contribution in [0.4, 0.5) is 5.82 Å². The molecule has 0 aromatic carbocycles. The Hall–Kier alpha value is -1.10. The number of anilines is 1. The molecule has 0 aliphatic heterocycles. The summed E-state index contributed by atoms with van der Waals surface area (Å²) in [6.45, 7) is 0.936. The van der Waals surface area contributed by atoms with Crippen LogP contribution in [0.25, 0.3) is 5.65 Å². The second-order valence-corrected chi connectivity index (χ2v) is 5.62. The third-order valence-electron chi connectivity index (χ3n) is 2.67. The van der Waals surface area contributed by atoms with Gasteiger partial charge < -0.3 is 5.32 Å². The molecule has 3 rings (SSSR count). The Morgan fingerprint density at radius 3 is 3.07 bits per heavy atom. The van der Waals surface area contributed by atoms with Crippen LogP contribution in [0.3, 0.4) is 0 Å². The van der Waals surface area contributed by atoms with Crippen LogP contribution in [-0.4, -0.2) is 25.5 Å². The molecule has 1 aliphatic rings. The summed E-state index contributed by atoms with van der Waals surface area (Å²) in [5, 5.41) is 7.61. The maximum Gasteiger partial charge on any atom is 0.157 e. The van der Waals surface area contributed by atoms with Gasteiger partial charge in [0.05, 0.1) is 6.20 Å². The summed E-state index contributed by atoms with van der Waals surface area (Å²) in [5.41, 5.74) is 0.874. The standard InChI is InChI=1S/C10H11BrN4/c11-10(3-4-10)7-13-9-1-5-12-8-2-6-14-15(8)9/h1-2,5-6,13H,3-4,7H2. The summed E-state index contributed by atoms with van der Waals surface area (Å²) in [7, 11) is 0. The minimum atomic E-state index is 0.315. The third kappa shape index (κ3) is 1.71. The molecule has 0 spiro atoms. The highest BCUT2D eigenvalue weighted by molar-refractivity contribution is 9.10. The molecule has 2 aromatic rings. The highest BCUT2D eigenvalue weighted by atomic mass is 79.9. The molecule has 0 radical (unpaired) electrons. The molecule has 0 bridgehead atoms. The van der Waals surface area contributed by atoms with Gasteiger partial charge in [-0.15, -0.1) is 0 Å². The monoisotopic (exact) mass is 266 g/mol. The molecule has 1 saturated carbocycles. The van der Waals surface area contributed by atoms with Crippen molar-refractivity contribution in [3.63, 3.8) is 0 Å². The number of hydrogen-bond acceptors (Lipinski definition) is 3. The van der Waals surface area contributed by atoms with E-state index < -0.39 is 0 Å². The molecule has 0 saturated heterocycles. The van der Waals surface area contributed by atoms with Gasteiger partial charge in [-0.1, -0.05) is 15.9 Å². The largest absolute Gasteiger partial charge is 0.369 e. The minimum Gasteiger partial charge on any atom is -0.369 e. The number of nitrogens with zero attached hydrogens (tertiary/aromatic N) is 3. The van der Waals surface area contributed by atoms with Crippen molar-refractivity contribution >= 4 is 27.4 Å². The number of halogens is 1. The maximum atomic E-state index is 4.22. The number of alkyl halides is 1. The third-order valence-corrected chi connectivity index (χ3v) is 3.74. The Balaban J connectivity index is 1.86. The second kappa shape index (κ2) is 3.20. The lowest BCUT2D eigenvalue weighted by molar-refractivity contribution is 0.897. The van der Waals surface area contributed by atoms with E-state index in [1.54, 1.807) is 12.4 Å². The van der Waals surface area contributed by atoms with E-state index >= 15 is 0 Å². The molecule has 0 unspecified atom stereocenters. The zero-order valence-electron chi connectivity index (χ0n) is 8.15. The van der Waals surface area contributed by atoms with Crippen LogP contribution in [0.5, 0.6) is 0 Å². The highest BCUT2D eigenvalue weighted by Gasteiger charge is 2.39. The summed E-state index contributed by atoms with van der Waals surface area (Å²) in [5.74, 6) is 0.996. The zero-order chi connectivity index (χ0) is 10.3. The van der Waals surface area contributed by atoms with Gasteiger partial charge in [0.15, 0.2) is 5.65 Å².